The summed E-state index contributed by atoms with van der Waals surface area (Å²) in [6.07, 6.45) is 6.00. The summed E-state index contributed by atoms with van der Waals surface area (Å²) in [7, 11) is 0. The van der Waals surface area contributed by atoms with E-state index in [2.05, 4.69) is 25.3 Å². The van der Waals surface area contributed by atoms with Gasteiger partial charge in [0, 0.05) is 35.9 Å². The number of carbonyl (C=O) groups is 1. The molecule has 0 amide bonds. The van der Waals surface area contributed by atoms with Gasteiger partial charge in [-0.15, -0.1) is 0 Å². The van der Waals surface area contributed by atoms with Crippen LogP contribution in [0.15, 0.2) is 24.7 Å². The number of carboxylic acids is 1. The fourth-order valence-corrected chi connectivity index (χ4v) is 3.74. The van der Waals surface area contributed by atoms with Gasteiger partial charge < -0.3 is 15.4 Å². The van der Waals surface area contributed by atoms with E-state index in [1.54, 1.807) is 19.2 Å². The van der Waals surface area contributed by atoms with E-state index >= 15 is 0 Å². The number of pyridine rings is 1. The summed E-state index contributed by atoms with van der Waals surface area (Å²) in [6.45, 7) is 2.86. The molecule has 1 fully saturated rings. The normalized spacial score (nSPS) is 18.7. The van der Waals surface area contributed by atoms with Crippen LogP contribution in [-0.2, 0) is 4.79 Å². The highest BCUT2D eigenvalue weighted by Gasteiger charge is 2.28. The van der Waals surface area contributed by atoms with Gasteiger partial charge in [-0.1, -0.05) is 11.6 Å². The second kappa shape index (κ2) is 7.92. The topological polar surface area (TPSA) is 107 Å². The number of fused-ring (bicyclic) bond motifs is 1. The summed E-state index contributed by atoms with van der Waals surface area (Å²) in [5, 5.41) is 13.6. The molecule has 0 spiro atoms. The number of anilines is 1. The first-order valence-corrected chi connectivity index (χ1v) is 9.69. The van der Waals surface area contributed by atoms with Gasteiger partial charge in [0.25, 0.3) is 0 Å². The number of carboxylic acid groups (broad SMARTS) is 1. The molecule has 1 aliphatic heterocycles. The maximum atomic E-state index is 14.4. The summed E-state index contributed by atoms with van der Waals surface area (Å²) in [5.74, 6) is -0.995. The van der Waals surface area contributed by atoms with Gasteiger partial charge >= 0.3 is 5.97 Å². The van der Waals surface area contributed by atoms with Crippen LogP contribution in [-0.4, -0.2) is 61.1 Å². The first-order chi connectivity index (χ1) is 13.9. The number of aliphatic carboxylic acids is 1. The van der Waals surface area contributed by atoms with Gasteiger partial charge in [0.1, 0.15) is 11.7 Å². The van der Waals surface area contributed by atoms with Gasteiger partial charge in [0.2, 0.25) is 0 Å². The zero-order valence-corrected chi connectivity index (χ0v) is 16.4. The number of rotatable bonds is 5. The highest BCUT2D eigenvalue weighted by molar-refractivity contribution is 6.31. The van der Waals surface area contributed by atoms with Gasteiger partial charge in [-0.3, -0.25) is 9.69 Å². The van der Waals surface area contributed by atoms with Crippen molar-refractivity contribution in [3.05, 3.63) is 35.5 Å². The molecule has 3 aromatic heterocycles. The zero-order valence-electron chi connectivity index (χ0n) is 15.7. The quantitative estimate of drug-likeness (QED) is 0.584. The molecule has 4 heterocycles. The first kappa shape index (κ1) is 19.5. The smallest absolute Gasteiger partial charge is 0.320 e. The molecule has 8 nitrogen and oxygen atoms in total. The minimum absolute atomic E-state index is 0.0918. The van der Waals surface area contributed by atoms with Crippen molar-refractivity contribution in [2.75, 3.05) is 18.4 Å². The van der Waals surface area contributed by atoms with Crippen LogP contribution in [0.5, 0.6) is 0 Å². The van der Waals surface area contributed by atoms with Gasteiger partial charge in [0.15, 0.2) is 17.5 Å². The predicted molar refractivity (Wildman–Crippen MR) is 107 cm³/mol. The van der Waals surface area contributed by atoms with Gasteiger partial charge in [-0.25, -0.2) is 19.3 Å². The van der Waals surface area contributed by atoms with Gasteiger partial charge in [-0.05, 0) is 32.4 Å². The van der Waals surface area contributed by atoms with Crippen molar-refractivity contribution in [3.63, 3.8) is 0 Å². The molecule has 3 aromatic rings. The Bertz CT molecular complexity index is 1060. The van der Waals surface area contributed by atoms with Crippen molar-refractivity contribution in [3.8, 4) is 11.4 Å². The Morgan fingerprint density at radius 3 is 3.07 bits per heavy atom. The summed E-state index contributed by atoms with van der Waals surface area (Å²) >= 11 is 6.05. The van der Waals surface area contributed by atoms with Crippen molar-refractivity contribution >= 4 is 34.4 Å². The van der Waals surface area contributed by atoms with Crippen LogP contribution in [0, 0.1) is 5.82 Å². The Balaban J connectivity index is 1.59. The summed E-state index contributed by atoms with van der Waals surface area (Å²) in [4.78, 5) is 28.9. The van der Waals surface area contributed by atoms with Gasteiger partial charge in [-0.2, -0.15) is 0 Å². The lowest BCUT2D eigenvalue weighted by Crippen LogP contribution is -2.49. The fourth-order valence-electron chi connectivity index (χ4n) is 3.59. The van der Waals surface area contributed by atoms with E-state index in [0.29, 0.717) is 35.1 Å². The number of nitrogens with one attached hydrogen (secondary N) is 2. The molecule has 0 radical (unpaired) electrons. The van der Waals surface area contributed by atoms with Crippen LogP contribution in [0.3, 0.4) is 0 Å². The summed E-state index contributed by atoms with van der Waals surface area (Å²) in [6, 6.07) is 1.05. The molecule has 1 saturated heterocycles. The highest BCUT2D eigenvalue weighted by atomic mass is 35.5. The number of nitrogens with zero attached hydrogens (tertiary/aromatic N) is 4. The van der Waals surface area contributed by atoms with Crippen molar-refractivity contribution in [1.29, 1.82) is 0 Å². The molecule has 0 saturated carbocycles. The van der Waals surface area contributed by atoms with Crippen LogP contribution in [0.4, 0.5) is 10.2 Å². The SMILES string of the molecule is CC(C(=O)O)N1CCCC(Nc2nc(-c3c[nH]c4ncc(Cl)cc34)ncc2F)C1. The Labute approximate surface area is 171 Å². The maximum absolute atomic E-state index is 14.4. The van der Waals surface area contributed by atoms with E-state index < -0.39 is 17.8 Å². The first-order valence-electron chi connectivity index (χ1n) is 9.31. The number of hydrogen-bond donors (Lipinski definition) is 3. The molecule has 0 aliphatic carbocycles. The van der Waals surface area contributed by atoms with Crippen molar-refractivity contribution in [2.24, 2.45) is 0 Å². The van der Waals surface area contributed by atoms with Crippen LogP contribution in [0.2, 0.25) is 5.02 Å². The summed E-state index contributed by atoms with van der Waals surface area (Å²) in [5.41, 5.74) is 1.31. The lowest BCUT2D eigenvalue weighted by atomic mass is 10.0. The van der Waals surface area contributed by atoms with Crippen molar-refractivity contribution in [2.45, 2.75) is 31.8 Å². The minimum atomic E-state index is -0.868. The third-order valence-electron chi connectivity index (χ3n) is 5.18. The lowest BCUT2D eigenvalue weighted by Gasteiger charge is -2.35. The number of hydrogen-bond acceptors (Lipinski definition) is 6. The Morgan fingerprint density at radius 1 is 1.45 bits per heavy atom. The van der Waals surface area contributed by atoms with Crippen LogP contribution in [0.25, 0.3) is 22.4 Å². The second-order valence-electron chi connectivity index (χ2n) is 7.13. The average molecular weight is 419 g/mol. The van der Waals surface area contributed by atoms with E-state index in [0.717, 1.165) is 24.4 Å². The van der Waals surface area contributed by atoms with Crippen LogP contribution >= 0.6 is 11.6 Å². The second-order valence-corrected chi connectivity index (χ2v) is 7.57. The lowest BCUT2D eigenvalue weighted by molar-refractivity contribution is -0.143. The van der Waals surface area contributed by atoms with E-state index in [-0.39, 0.29) is 11.9 Å². The Morgan fingerprint density at radius 2 is 2.28 bits per heavy atom. The number of halogens is 2. The highest BCUT2D eigenvalue weighted by Crippen LogP contribution is 2.28. The average Bonchev–Trinajstić information content (AvgIpc) is 3.12. The van der Waals surface area contributed by atoms with Gasteiger partial charge in [0.05, 0.1) is 11.2 Å². The van der Waals surface area contributed by atoms with E-state index in [4.69, 9.17) is 11.6 Å². The number of piperidine rings is 1. The van der Waals surface area contributed by atoms with E-state index in [1.165, 1.54) is 6.20 Å². The molecule has 4 rings (SSSR count). The molecule has 0 bridgehead atoms. The predicted octanol–water partition coefficient (Wildman–Crippen LogP) is 3.16. The number of aromatic amines is 1. The third kappa shape index (κ3) is 4.01. The third-order valence-corrected chi connectivity index (χ3v) is 5.39. The number of aromatic nitrogens is 4. The molecule has 1 aliphatic rings. The number of likely N-dealkylation sites (tertiary alicyclic amines) is 1. The Kier molecular flexibility index (Phi) is 5.33. The number of H-pyrrole nitrogens is 1. The molecule has 29 heavy (non-hydrogen) atoms. The standard InChI is InChI=1S/C19H20ClFN6O2/c1-10(19(28)29)27-4-2-3-12(9-27)25-18-15(21)8-24-17(26-18)14-7-23-16-13(14)5-11(20)6-22-16/h5-8,10,12H,2-4,9H2,1H3,(H,22,23)(H,28,29)(H,24,25,26). The largest absolute Gasteiger partial charge is 0.480 e. The monoisotopic (exact) mass is 418 g/mol. The van der Waals surface area contributed by atoms with E-state index in [9.17, 15) is 14.3 Å². The molecule has 3 N–H and O–H groups in total. The van der Waals surface area contributed by atoms with E-state index in [1.807, 2.05) is 4.90 Å². The molecule has 2 atom stereocenters. The summed E-state index contributed by atoms with van der Waals surface area (Å²) < 4.78 is 14.4. The molecule has 2 unspecified atom stereocenters. The van der Waals surface area contributed by atoms with Crippen LogP contribution in [0.1, 0.15) is 19.8 Å². The minimum Gasteiger partial charge on any atom is -0.480 e. The zero-order chi connectivity index (χ0) is 20.5. The van der Waals surface area contributed by atoms with Crippen molar-refractivity contribution < 1.29 is 14.3 Å². The maximum Gasteiger partial charge on any atom is 0.320 e. The molecule has 10 heteroatoms. The molecule has 152 valence electrons. The molecule has 0 aromatic carbocycles. The van der Waals surface area contributed by atoms with Crippen molar-refractivity contribution in [1.82, 2.24) is 24.8 Å². The van der Waals surface area contributed by atoms with Crippen LogP contribution < -0.4 is 5.32 Å². The molecular weight excluding hydrogens is 399 g/mol. The Hall–Kier alpha value is -2.78. The fraction of sp³-hybridized carbons (Fsp3) is 0.368. The molecular formula is C19H20ClFN6O2.